The lowest BCUT2D eigenvalue weighted by Gasteiger charge is -2.31. The highest BCUT2D eigenvalue weighted by molar-refractivity contribution is 9.10. The average molecular weight is 430 g/mol. The van der Waals surface area contributed by atoms with Crippen molar-refractivity contribution in [1.82, 2.24) is 9.47 Å². The lowest BCUT2D eigenvalue weighted by molar-refractivity contribution is -0.149. The molecule has 0 aliphatic carbocycles. The van der Waals surface area contributed by atoms with Gasteiger partial charge in [0.05, 0.1) is 23.8 Å². The van der Waals surface area contributed by atoms with Gasteiger partial charge in [-0.2, -0.15) is 5.26 Å². The van der Waals surface area contributed by atoms with E-state index < -0.39 is 0 Å². The summed E-state index contributed by atoms with van der Waals surface area (Å²) in [5, 5.41) is 9.46. The van der Waals surface area contributed by atoms with Gasteiger partial charge in [-0.25, -0.2) is 0 Å². The van der Waals surface area contributed by atoms with Gasteiger partial charge in [0.1, 0.15) is 11.8 Å². The number of piperidine rings is 1. The van der Waals surface area contributed by atoms with Gasteiger partial charge in [0.25, 0.3) is 5.91 Å². The summed E-state index contributed by atoms with van der Waals surface area (Å²) in [5.41, 5.74) is 1.48. The molecular formula is C20H20BrN3O3. The quantitative estimate of drug-likeness (QED) is 0.696. The van der Waals surface area contributed by atoms with Crippen LogP contribution in [-0.4, -0.2) is 41.0 Å². The highest BCUT2D eigenvalue weighted by Crippen LogP contribution is 2.27. The Balaban J connectivity index is 1.84. The Hall–Kier alpha value is -2.59. The highest BCUT2D eigenvalue weighted by Gasteiger charge is 2.31. The van der Waals surface area contributed by atoms with Gasteiger partial charge in [-0.1, -0.05) is 12.1 Å². The number of rotatable bonds is 4. The van der Waals surface area contributed by atoms with Gasteiger partial charge in [0.2, 0.25) is 0 Å². The van der Waals surface area contributed by atoms with Gasteiger partial charge in [0.15, 0.2) is 0 Å². The third-order valence-electron chi connectivity index (χ3n) is 4.72. The minimum Gasteiger partial charge on any atom is -0.466 e. The predicted molar refractivity (Wildman–Crippen MR) is 103 cm³/mol. The molecule has 2 aromatic rings. The summed E-state index contributed by atoms with van der Waals surface area (Å²) in [6.07, 6.45) is 2.88. The SMILES string of the molecule is CCOC(=O)C1CCN(C(=O)c2c(C#N)ccn2-c2ccccc2Br)CC1. The van der Waals surface area contributed by atoms with Crippen molar-refractivity contribution in [2.24, 2.45) is 5.92 Å². The Morgan fingerprint density at radius 2 is 1.96 bits per heavy atom. The molecule has 1 saturated heterocycles. The molecule has 0 atom stereocenters. The third kappa shape index (κ3) is 3.91. The fraction of sp³-hybridized carbons (Fsp3) is 0.350. The molecule has 0 unspecified atom stereocenters. The highest BCUT2D eigenvalue weighted by atomic mass is 79.9. The standard InChI is InChI=1S/C20H20BrN3O3/c1-2-27-20(26)14-7-10-23(11-8-14)19(25)18-15(13-22)9-12-24(18)17-6-4-3-5-16(17)21/h3-6,9,12,14H,2,7-8,10-11H2,1H3. The van der Waals surface area contributed by atoms with E-state index in [4.69, 9.17) is 4.74 Å². The molecule has 1 aromatic heterocycles. The second-order valence-corrected chi connectivity index (χ2v) is 7.18. The number of hydrogen-bond acceptors (Lipinski definition) is 4. The molecule has 0 bridgehead atoms. The van der Waals surface area contributed by atoms with Crippen LogP contribution in [0.15, 0.2) is 41.0 Å². The number of nitriles is 1. The number of amides is 1. The Kier molecular flexibility index (Phi) is 5.97. The third-order valence-corrected chi connectivity index (χ3v) is 5.39. The number of aromatic nitrogens is 1. The second kappa shape index (κ2) is 8.40. The normalized spacial score (nSPS) is 14.6. The first-order valence-electron chi connectivity index (χ1n) is 8.89. The van der Waals surface area contributed by atoms with Crippen LogP contribution in [0.3, 0.4) is 0 Å². The zero-order chi connectivity index (χ0) is 19.4. The summed E-state index contributed by atoms with van der Waals surface area (Å²) in [6.45, 7) is 3.08. The van der Waals surface area contributed by atoms with E-state index in [1.807, 2.05) is 24.3 Å². The number of carbonyl (C=O) groups excluding carboxylic acids is 2. The van der Waals surface area contributed by atoms with Crippen LogP contribution in [0.2, 0.25) is 0 Å². The lowest BCUT2D eigenvalue weighted by atomic mass is 9.96. The number of para-hydroxylation sites is 1. The monoisotopic (exact) mass is 429 g/mol. The van der Waals surface area contributed by atoms with E-state index in [1.165, 1.54) is 0 Å². The van der Waals surface area contributed by atoms with Crippen molar-refractivity contribution in [3.8, 4) is 11.8 Å². The predicted octanol–water partition coefficient (Wildman–Crippen LogP) is 3.53. The number of esters is 1. The van der Waals surface area contributed by atoms with Crippen molar-refractivity contribution in [3.63, 3.8) is 0 Å². The maximum atomic E-state index is 13.2. The van der Waals surface area contributed by atoms with Gasteiger partial charge < -0.3 is 14.2 Å². The molecule has 1 aliphatic rings. The number of ether oxygens (including phenoxy) is 1. The van der Waals surface area contributed by atoms with E-state index in [2.05, 4.69) is 22.0 Å². The Labute approximate surface area is 166 Å². The van der Waals surface area contributed by atoms with Crippen LogP contribution < -0.4 is 0 Å². The van der Waals surface area contributed by atoms with Gasteiger partial charge in [0, 0.05) is 23.8 Å². The molecule has 1 aliphatic heterocycles. The van der Waals surface area contributed by atoms with E-state index in [0.29, 0.717) is 43.8 Å². The molecule has 7 heteroatoms. The molecule has 1 fully saturated rings. The largest absolute Gasteiger partial charge is 0.466 e. The fourth-order valence-electron chi connectivity index (χ4n) is 3.32. The summed E-state index contributed by atoms with van der Waals surface area (Å²) >= 11 is 3.50. The van der Waals surface area contributed by atoms with Crippen LogP contribution in [0.4, 0.5) is 0 Å². The van der Waals surface area contributed by atoms with Gasteiger partial charge in [-0.05, 0) is 53.9 Å². The van der Waals surface area contributed by atoms with Crippen LogP contribution in [0, 0.1) is 17.2 Å². The Morgan fingerprint density at radius 3 is 2.59 bits per heavy atom. The molecule has 3 rings (SSSR count). The summed E-state index contributed by atoms with van der Waals surface area (Å²) in [4.78, 5) is 26.8. The maximum absolute atomic E-state index is 13.2. The number of carbonyl (C=O) groups is 2. The van der Waals surface area contributed by atoms with E-state index in [1.54, 1.807) is 28.7 Å². The summed E-state index contributed by atoms with van der Waals surface area (Å²) in [5.74, 6) is -0.562. The molecule has 0 radical (unpaired) electrons. The van der Waals surface area contributed by atoms with E-state index in [9.17, 15) is 14.9 Å². The molecule has 6 nitrogen and oxygen atoms in total. The van der Waals surface area contributed by atoms with Crippen molar-refractivity contribution in [2.45, 2.75) is 19.8 Å². The van der Waals surface area contributed by atoms with Gasteiger partial charge in [-0.15, -0.1) is 0 Å². The first-order chi connectivity index (χ1) is 13.1. The first kappa shape index (κ1) is 19.2. The summed E-state index contributed by atoms with van der Waals surface area (Å²) in [6, 6.07) is 11.3. The van der Waals surface area contributed by atoms with E-state index >= 15 is 0 Å². The van der Waals surface area contributed by atoms with Crippen molar-refractivity contribution in [1.29, 1.82) is 5.26 Å². The number of halogens is 1. The molecule has 0 saturated carbocycles. The summed E-state index contributed by atoms with van der Waals surface area (Å²) < 4.78 is 7.65. The molecule has 0 N–H and O–H groups in total. The second-order valence-electron chi connectivity index (χ2n) is 6.33. The van der Waals surface area contributed by atoms with Crippen molar-refractivity contribution in [2.75, 3.05) is 19.7 Å². The molecule has 2 heterocycles. The number of hydrogen-bond donors (Lipinski definition) is 0. The first-order valence-corrected chi connectivity index (χ1v) is 9.68. The average Bonchev–Trinajstić information content (AvgIpc) is 3.12. The summed E-state index contributed by atoms with van der Waals surface area (Å²) in [7, 11) is 0. The molecule has 27 heavy (non-hydrogen) atoms. The molecule has 1 aromatic carbocycles. The van der Waals surface area contributed by atoms with E-state index in [-0.39, 0.29) is 17.8 Å². The number of nitrogens with zero attached hydrogens (tertiary/aromatic N) is 3. The van der Waals surface area contributed by atoms with E-state index in [0.717, 1.165) is 10.2 Å². The van der Waals surface area contributed by atoms with Gasteiger partial charge in [-0.3, -0.25) is 9.59 Å². The number of benzene rings is 1. The molecule has 0 spiro atoms. The van der Waals surface area contributed by atoms with Crippen LogP contribution in [0.25, 0.3) is 5.69 Å². The lowest BCUT2D eigenvalue weighted by Crippen LogP contribution is -2.41. The zero-order valence-corrected chi connectivity index (χ0v) is 16.6. The van der Waals surface area contributed by atoms with Crippen LogP contribution >= 0.6 is 15.9 Å². The molecule has 140 valence electrons. The van der Waals surface area contributed by atoms with Crippen molar-refractivity contribution >= 4 is 27.8 Å². The topological polar surface area (TPSA) is 75.3 Å². The van der Waals surface area contributed by atoms with Crippen molar-refractivity contribution < 1.29 is 14.3 Å². The molecular weight excluding hydrogens is 410 g/mol. The number of likely N-dealkylation sites (tertiary alicyclic amines) is 1. The molecule has 1 amide bonds. The van der Waals surface area contributed by atoms with Crippen LogP contribution in [0.5, 0.6) is 0 Å². The Morgan fingerprint density at radius 1 is 1.26 bits per heavy atom. The van der Waals surface area contributed by atoms with Gasteiger partial charge >= 0.3 is 5.97 Å². The smallest absolute Gasteiger partial charge is 0.309 e. The zero-order valence-electron chi connectivity index (χ0n) is 15.0. The minimum atomic E-state index is -0.199. The minimum absolute atomic E-state index is 0.167. The maximum Gasteiger partial charge on any atom is 0.309 e. The Bertz CT molecular complexity index is 892. The fourth-order valence-corrected chi connectivity index (χ4v) is 3.79. The van der Waals surface area contributed by atoms with Crippen molar-refractivity contribution in [3.05, 3.63) is 52.3 Å². The van der Waals surface area contributed by atoms with Crippen LogP contribution in [-0.2, 0) is 9.53 Å². The van der Waals surface area contributed by atoms with Crippen LogP contribution in [0.1, 0.15) is 35.8 Å².